The van der Waals surface area contributed by atoms with Crippen LogP contribution >= 0.6 is 11.6 Å². The Morgan fingerprint density at radius 1 is 1.13 bits per heavy atom. The van der Waals surface area contributed by atoms with Crippen molar-refractivity contribution in [1.82, 2.24) is 14.7 Å². The van der Waals surface area contributed by atoms with E-state index >= 15 is 0 Å². The number of methoxy groups -OCH3 is 1. The minimum atomic E-state index is -0.632. The highest BCUT2D eigenvalue weighted by atomic mass is 35.5. The van der Waals surface area contributed by atoms with Crippen LogP contribution in [0.4, 0.5) is 5.69 Å². The van der Waals surface area contributed by atoms with E-state index in [2.05, 4.69) is 10.6 Å². The van der Waals surface area contributed by atoms with E-state index in [4.69, 9.17) is 26.8 Å². The molecule has 0 bridgehead atoms. The predicted molar refractivity (Wildman–Crippen MR) is 147 cm³/mol. The van der Waals surface area contributed by atoms with Crippen molar-refractivity contribution < 1.29 is 19.1 Å². The molecule has 3 aromatic rings. The molecule has 0 saturated carbocycles. The smallest absolute Gasteiger partial charge is 0.295 e. The van der Waals surface area contributed by atoms with Crippen LogP contribution < -0.4 is 26.7 Å². The first-order valence-corrected chi connectivity index (χ1v) is 12.5. The van der Waals surface area contributed by atoms with Gasteiger partial charge in [0.2, 0.25) is 5.91 Å². The summed E-state index contributed by atoms with van der Waals surface area (Å²) in [6, 6.07) is 13.9. The number of anilines is 1. The fourth-order valence-electron chi connectivity index (χ4n) is 4.08. The van der Waals surface area contributed by atoms with E-state index in [1.807, 2.05) is 44.2 Å². The number of ether oxygens (including phenoxy) is 2. The van der Waals surface area contributed by atoms with Crippen molar-refractivity contribution in [3.8, 4) is 11.4 Å². The number of nitrogens with two attached hydrogens (primary N) is 1. The lowest BCUT2D eigenvalue weighted by atomic mass is 9.88. The summed E-state index contributed by atoms with van der Waals surface area (Å²) in [5.41, 5.74) is 6.58. The van der Waals surface area contributed by atoms with Gasteiger partial charge in [-0.25, -0.2) is 4.68 Å². The van der Waals surface area contributed by atoms with Crippen molar-refractivity contribution in [3.05, 3.63) is 75.2 Å². The number of aromatic nitrogens is 2. The van der Waals surface area contributed by atoms with Gasteiger partial charge in [0.1, 0.15) is 11.4 Å². The van der Waals surface area contributed by atoms with Gasteiger partial charge < -0.3 is 25.8 Å². The van der Waals surface area contributed by atoms with Crippen LogP contribution in [0.2, 0.25) is 5.02 Å². The van der Waals surface area contributed by atoms with E-state index in [1.165, 1.54) is 17.9 Å². The molecule has 38 heavy (non-hydrogen) atoms. The molecule has 1 heterocycles. The molecule has 1 aromatic heterocycles. The number of benzene rings is 2. The van der Waals surface area contributed by atoms with Crippen LogP contribution in [-0.4, -0.2) is 48.2 Å². The monoisotopic (exact) mass is 543 g/mol. The van der Waals surface area contributed by atoms with Crippen LogP contribution in [0, 0.1) is 5.41 Å². The molecule has 0 unspecified atom stereocenters. The van der Waals surface area contributed by atoms with Gasteiger partial charge >= 0.3 is 0 Å². The summed E-state index contributed by atoms with van der Waals surface area (Å²) < 4.78 is 13.6. The zero-order valence-electron chi connectivity index (χ0n) is 22.0. The Bertz CT molecular complexity index is 1330. The maximum atomic E-state index is 13.3. The summed E-state index contributed by atoms with van der Waals surface area (Å²) in [5, 5.41) is 6.03. The SMILES string of the molecule is COCOc1ccc(Cl)cc1C(=O)NCC(C)(C)CC(=O)Nc1c(CCN)n(C)n(-c2ccccc2)c1=O. The summed E-state index contributed by atoms with van der Waals surface area (Å²) in [4.78, 5) is 39.2. The molecule has 0 atom stereocenters. The van der Waals surface area contributed by atoms with Gasteiger partial charge in [-0.15, -0.1) is 0 Å². The molecule has 0 aliphatic rings. The molecule has 2 aromatic carbocycles. The number of amides is 2. The number of nitrogens with zero attached hydrogens (tertiary/aromatic N) is 2. The van der Waals surface area contributed by atoms with Crippen LogP contribution in [-0.2, 0) is 23.0 Å². The number of hydrogen-bond donors (Lipinski definition) is 3. The van der Waals surface area contributed by atoms with E-state index in [9.17, 15) is 14.4 Å². The Balaban J connectivity index is 1.72. The fourth-order valence-corrected chi connectivity index (χ4v) is 4.25. The minimum absolute atomic E-state index is 0.0226. The molecule has 0 radical (unpaired) electrons. The summed E-state index contributed by atoms with van der Waals surface area (Å²) in [6.07, 6.45) is 0.464. The maximum Gasteiger partial charge on any atom is 0.295 e. The third-order valence-corrected chi connectivity index (χ3v) is 6.15. The van der Waals surface area contributed by atoms with Crippen molar-refractivity contribution in [3.63, 3.8) is 0 Å². The van der Waals surface area contributed by atoms with Crippen molar-refractivity contribution in [2.45, 2.75) is 26.7 Å². The molecule has 0 spiro atoms. The number of carbonyl (C=O) groups excluding carboxylic acids is 2. The standard InChI is InChI=1S/C27H34ClN5O5/c1-27(2,16-30-25(35)20-14-18(28)10-11-22(20)38-17-37-4)15-23(34)31-24-21(12-13-29)32(3)33(26(24)36)19-8-6-5-7-9-19/h5-11,14H,12-13,15-17,29H2,1-4H3,(H,30,35)(H,31,34). The Kier molecular flexibility index (Phi) is 9.73. The highest BCUT2D eigenvalue weighted by Crippen LogP contribution is 2.25. The molecule has 0 fully saturated rings. The third-order valence-electron chi connectivity index (χ3n) is 5.92. The van der Waals surface area contributed by atoms with Crippen LogP contribution in [0.1, 0.15) is 36.3 Å². The second-order valence-electron chi connectivity index (χ2n) is 9.60. The van der Waals surface area contributed by atoms with E-state index in [1.54, 1.807) is 23.9 Å². The number of nitrogens with one attached hydrogen (secondary N) is 2. The molecule has 11 heteroatoms. The molecule has 204 valence electrons. The topological polar surface area (TPSA) is 130 Å². The minimum Gasteiger partial charge on any atom is -0.467 e. The van der Waals surface area contributed by atoms with Gasteiger partial charge in [-0.2, -0.15) is 0 Å². The van der Waals surface area contributed by atoms with Gasteiger partial charge in [-0.3, -0.25) is 19.1 Å². The van der Waals surface area contributed by atoms with E-state index in [0.29, 0.717) is 35.1 Å². The Labute approximate surface area is 226 Å². The second kappa shape index (κ2) is 12.8. The van der Waals surface area contributed by atoms with Crippen LogP contribution in [0.25, 0.3) is 5.69 Å². The molecule has 2 amide bonds. The molecule has 3 rings (SSSR count). The number of para-hydroxylation sites is 1. The first-order chi connectivity index (χ1) is 18.1. The molecule has 4 N–H and O–H groups in total. The van der Waals surface area contributed by atoms with Gasteiger partial charge in [-0.1, -0.05) is 43.6 Å². The lowest BCUT2D eigenvalue weighted by molar-refractivity contribution is -0.118. The zero-order valence-corrected chi connectivity index (χ0v) is 22.8. The van der Waals surface area contributed by atoms with E-state index in [0.717, 1.165) is 0 Å². The van der Waals surface area contributed by atoms with Crippen molar-refractivity contribution in [2.24, 2.45) is 18.2 Å². The number of carbonyl (C=O) groups is 2. The van der Waals surface area contributed by atoms with Crippen molar-refractivity contribution >= 4 is 29.1 Å². The zero-order chi connectivity index (χ0) is 27.9. The summed E-state index contributed by atoms with van der Waals surface area (Å²) in [6.45, 7) is 4.17. The van der Waals surface area contributed by atoms with E-state index in [-0.39, 0.29) is 42.5 Å². The van der Waals surface area contributed by atoms with E-state index < -0.39 is 11.3 Å². The normalized spacial score (nSPS) is 11.3. The molecule has 0 aliphatic heterocycles. The van der Waals surface area contributed by atoms with Crippen LogP contribution in [0.15, 0.2) is 53.3 Å². The number of halogens is 1. The lowest BCUT2D eigenvalue weighted by Crippen LogP contribution is -2.37. The Morgan fingerprint density at radius 3 is 2.50 bits per heavy atom. The fraction of sp³-hybridized carbons (Fsp3) is 0.370. The predicted octanol–water partition coefficient (Wildman–Crippen LogP) is 3.10. The first kappa shape index (κ1) is 29.0. The quantitative estimate of drug-likeness (QED) is 0.301. The molecular formula is C27H34ClN5O5. The highest BCUT2D eigenvalue weighted by molar-refractivity contribution is 6.31. The van der Waals surface area contributed by atoms with Crippen LogP contribution in [0.3, 0.4) is 0 Å². The van der Waals surface area contributed by atoms with Gasteiger partial charge in [0, 0.05) is 38.6 Å². The second-order valence-corrected chi connectivity index (χ2v) is 10.0. The molecule has 0 saturated heterocycles. The summed E-state index contributed by atoms with van der Waals surface area (Å²) >= 11 is 6.07. The molecule has 0 aliphatic carbocycles. The number of hydrogen-bond acceptors (Lipinski definition) is 6. The summed E-state index contributed by atoms with van der Waals surface area (Å²) in [7, 11) is 3.24. The van der Waals surface area contributed by atoms with Gasteiger partial charge in [0.25, 0.3) is 11.5 Å². The molecule has 10 nitrogen and oxygen atoms in total. The number of rotatable bonds is 12. The first-order valence-electron chi connectivity index (χ1n) is 12.1. The average molecular weight is 544 g/mol. The maximum absolute atomic E-state index is 13.3. The van der Waals surface area contributed by atoms with Gasteiger partial charge in [0.05, 0.1) is 16.9 Å². The average Bonchev–Trinajstić information content (AvgIpc) is 3.10. The Morgan fingerprint density at radius 2 is 1.84 bits per heavy atom. The third kappa shape index (κ3) is 7.03. The van der Waals surface area contributed by atoms with Gasteiger partial charge in [-0.05, 0) is 42.3 Å². The molecular weight excluding hydrogens is 510 g/mol. The van der Waals surface area contributed by atoms with Crippen LogP contribution in [0.5, 0.6) is 5.75 Å². The van der Waals surface area contributed by atoms with Crippen molar-refractivity contribution in [1.29, 1.82) is 0 Å². The lowest BCUT2D eigenvalue weighted by Gasteiger charge is -2.24. The summed E-state index contributed by atoms with van der Waals surface area (Å²) in [5.74, 6) is -0.418. The largest absolute Gasteiger partial charge is 0.467 e. The Hall–Kier alpha value is -3.60. The van der Waals surface area contributed by atoms with Gasteiger partial charge in [0.15, 0.2) is 6.79 Å². The van der Waals surface area contributed by atoms with Crippen molar-refractivity contribution in [2.75, 3.05) is 32.3 Å². The highest BCUT2D eigenvalue weighted by Gasteiger charge is 2.27.